The summed E-state index contributed by atoms with van der Waals surface area (Å²) in [6.45, 7) is 2.75. The number of Topliss-reactive ketones (excluding diaryl/α,β-unsaturated/α-hetero) is 1. The maximum absolute atomic E-state index is 12.3. The van der Waals surface area contributed by atoms with Crippen LogP contribution in [0.3, 0.4) is 0 Å². The van der Waals surface area contributed by atoms with E-state index in [1.165, 1.54) is 0 Å². The van der Waals surface area contributed by atoms with Crippen molar-refractivity contribution in [1.29, 1.82) is 0 Å². The topological polar surface area (TPSA) is 43.1 Å². The lowest BCUT2D eigenvalue weighted by Gasteiger charge is -2.15. The summed E-state index contributed by atoms with van der Waals surface area (Å²) in [5, 5.41) is 11.3. The number of hydrogen-bond donors (Lipinski definition) is 0. The van der Waals surface area contributed by atoms with Gasteiger partial charge in [0.25, 0.3) is 5.78 Å². The summed E-state index contributed by atoms with van der Waals surface area (Å²) in [5.41, 5.74) is 1.93. The fourth-order valence-electron chi connectivity index (χ4n) is 2.28. The van der Waals surface area contributed by atoms with Gasteiger partial charge in [0.1, 0.15) is 6.54 Å². The molecule has 0 aliphatic carbocycles. The SMILES string of the molecule is CC1=[N+](/C(=C/[O-])C(=O)c2ccccc2)CCCC1. The van der Waals surface area contributed by atoms with Gasteiger partial charge in [-0.2, -0.15) is 4.58 Å². The lowest BCUT2D eigenvalue weighted by molar-refractivity contribution is -0.484. The van der Waals surface area contributed by atoms with Crippen molar-refractivity contribution in [3.63, 3.8) is 0 Å². The predicted octanol–water partition coefficient (Wildman–Crippen LogP) is 1.73. The molecule has 0 fully saturated rings. The maximum Gasteiger partial charge on any atom is 0.255 e. The molecule has 0 spiro atoms. The van der Waals surface area contributed by atoms with Gasteiger partial charge in [0, 0.05) is 25.3 Å². The van der Waals surface area contributed by atoms with E-state index in [0.29, 0.717) is 11.8 Å². The average molecular weight is 243 g/mol. The molecule has 94 valence electrons. The second-order valence-electron chi connectivity index (χ2n) is 4.54. The van der Waals surface area contributed by atoms with Crippen molar-refractivity contribution in [3.8, 4) is 0 Å². The molecular formula is C15H17NO2. The van der Waals surface area contributed by atoms with Crippen molar-refractivity contribution in [1.82, 2.24) is 0 Å². The third-order valence-electron chi connectivity index (χ3n) is 3.30. The van der Waals surface area contributed by atoms with Gasteiger partial charge in [-0.05, 0) is 6.42 Å². The molecule has 0 amide bonds. The van der Waals surface area contributed by atoms with E-state index in [9.17, 15) is 9.90 Å². The summed E-state index contributed by atoms with van der Waals surface area (Å²) in [6.07, 6.45) is 3.80. The highest BCUT2D eigenvalue weighted by molar-refractivity contribution is 6.07. The predicted molar refractivity (Wildman–Crippen MR) is 68.5 cm³/mol. The molecule has 0 aromatic heterocycles. The fourth-order valence-corrected chi connectivity index (χ4v) is 2.28. The van der Waals surface area contributed by atoms with E-state index >= 15 is 0 Å². The molecule has 3 nitrogen and oxygen atoms in total. The van der Waals surface area contributed by atoms with Crippen LogP contribution < -0.4 is 5.11 Å². The molecular weight excluding hydrogens is 226 g/mol. The van der Waals surface area contributed by atoms with Gasteiger partial charge < -0.3 is 5.11 Å². The molecule has 2 rings (SSSR count). The summed E-state index contributed by atoms with van der Waals surface area (Å²) < 4.78 is 1.87. The smallest absolute Gasteiger partial charge is 0.255 e. The molecule has 3 heteroatoms. The van der Waals surface area contributed by atoms with E-state index in [-0.39, 0.29) is 11.5 Å². The van der Waals surface area contributed by atoms with Crippen LogP contribution in [-0.2, 0) is 0 Å². The van der Waals surface area contributed by atoms with Crippen LogP contribution in [0.2, 0.25) is 0 Å². The molecule has 1 aliphatic heterocycles. The van der Waals surface area contributed by atoms with Crippen LogP contribution in [0, 0.1) is 0 Å². The third-order valence-corrected chi connectivity index (χ3v) is 3.30. The summed E-state index contributed by atoms with van der Waals surface area (Å²) in [4.78, 5) is 12.3. The highest BCUT2D eigenvalue weighted by Crippen LogP contribution is 2.14. The Bertz CT molecular complexity index is 500. The van der Waals surface area contributed by atoms with Gasteiger partial charge in [-0.1, -0.05) is 36.6 Å². The molecule has 1 aromatic carbocycles. The van der Waals surface area contributed by atoms with Gasteiger partial charge in [-0.3, -0.25) is 4.79 Å². The van der Waals surface area contributed by atoms with E-state index < -0.39 is 0 Å². The summed E-state index contributed by atoms with van der Waals surface area (Å²) in [6, 6.07) is 8.96. The Kier molecular flexibility index (Phi) is 3.92. The number of allylic oxidation sites excluding steroid dienone is 1. The van der Waals surface area contributed by atoms with Gasteiger partial charge in [-0.15, -0.1) is 0 Å². The van der Waals surface area contributed by atoms with E-state index in [2.05, 4.69) is 0 Å². The zero-order valence-electron chi connectivity index (χ0n) is 10.6. The molecule has 0 saturated heterocycles. The van der Waals surface area contributed by atoms with E-state index in [1.807, 2.05) is 29.7 Å². The number of carbonyl (C=O) groups excluding carboxylic acids is 1. The minimum absolute atomic E-state index is 0.188. The van der Waals surface area contributed by atoms with Gasteiger partial charge in [0.05, 0.1) is 0 Å². The van der Waals surface area contributed by atoms with Crippen LogP contribution in [0.25, 0.3) is 0 Å². The van der Waals surface area contributed by atoms with Crippen LogP contribution in [0.5, 0.6) is 0 Å². The Balaban J connectivity index is 2.33. The van der Waals surface area contributed by atoms with Crippen molar-refractivity contribution in [2.24, 2.45) is 0 Å². The van der Waals surface area contributed by atoms with Crippen LogP contribution in [-0.4, -0.2) is 22.6 Å². The lowest BCUT2D eigenvalue weighted by Crippen LogP contribution is -2.29. The minimum Gasteiger partial charge on any atom is -0.873 e. The molecule has 0 saturated carbocycles. The Labute approximate surface area is 107 Å². The average Bonchev–Trinajstić information content (AvgIpc) is 2.42. The number of benzene rings is 1. The van der Waals surface area contributed by atoms with Crippen LogP contribution in [0.15, 0.2) is 42.3 Å². The standard InChI is InChI=1S/C15H17NO2/c1-12-7-5-6-10-16(12)14(11-17)15(18)13-8-3-2-4-9-13/h2-4,8-9,11H,5-7,10H2,1H3. The van der Waals surface area contributed by atoms with Gasteiger partial charge in [-0.25, -0.2) is 0 Å². The molecule has 0 unspecified atom stereocenters. The Hall–Kier alpha value is -1.90. The third kappa shape index (κ3) is 2.50. The van der Waals surface area contributed by atoms with Crippen LogP contribution in [0.1, 0.15) is 36.5 Å². The van der Waals surface area contributed by atoms with Crippen molar-refractivity contribution in [2.45, 2.75) is 26.2 Å². The first-order chi connectivity index (χ1) is 8.74. The first-order valence-corrected chi connectivity index (χ1v) is 6.26. The molecule has 0 N–H and O–H groups in total. The van der Waals surface area contributed by atoms with Crippen LogP contribution in [0.4, 0.5) is 0 Å². The molecule has 0 radical (unpaired) electrons. The molecule has 1 heterocycles. The largest absolute Gasteiger partial charge is 0.873 e. The molecule has 0 bridgehead atoms. The van der Waals surface area contributed by atoms with E-state index in [0.717, 1.165) is 31.5 Å². The zero-order valence-corrected chi connectivity index (χ0v) is 10.6. The van der Waals surface area contributed by atoms with Crippen molar-refractivity contribution < 1.29 is 14.5 Å². The summed E-state index contributed by atoms with van der Waals surface area (Å²) in [5.74, 6) is -0.188. The van der Waals surface area contributed by atoms with Gasteiger partial charge >= 0.3 is 0 Å². The summed E-state index contributed by atoms with van der Waals surface area (Å²) >= 11 is 0. The minimum atomic E-state index is -0.188. The molecule has 1 aliphatic rings. The zero-order chi connectivity index (χ0) is 13.0. The number of carbonyl (C=O) groups is 1. The Morgan fingerprint density at radius 3 is 2.61 bits per heavy atom. The molecule has 18 heavy (non-hydrogen) atoms. The highest BCUT2D eigenvalue weighted by atomic mass is 16.2. The number of ketones is 1. The molecule has 1 aromatic rings. The van der Waals surface area contributed by atoms with Crippen molar-refractivity contribution >= 4 is 11.5 Å². The number of nitrogens with zero attached hydrogens (tertiary/aromatic N) is 1. The second kappa shape index (κ2) is 5.63. The van der Waals surface area contributed by atoms with Gasteiger partial charge in [0.2, 0.25) is 5.70 Å². The monoisotopic (exact) mass is 243 g/mol. The van der Waals surface area contributed by atoms with E-state index in [1.54, 1.807) is 12.1 Å². The van der Waals surface area contributed by atoms with Crippen molar-refractivity contribution in [2.75, 3.05) is 6.54 Å². The van der Waals surface area contributed by atoms with Crippen molar-refractivity contribution in [3.05, 3.63) is 47.9 Å². The quantitative estimate of drug-likeness (QED) is 0.351. The number of hydrogen-bond acceptors (Lipinski definition) is 2. The first-order valence-electron chi connectivity index (χ1n) is 6.26. The fraction of sp³-hybridized carbons (Fsp3) is 0.333. The highest BCUT2D eigenvalue weighted by Gasteiger charge is 2.25. The summed E-state index contributed by atoms with van der Waals surface area (Å²) in [7, 11) is 0. The van der Waals surface area contributed by atoms with Gasteiger partial charge in [0.15, 0.2) is 5.71 Å². The Morgan fingerprint density at radius 2 is 2.00 bits per heavy atom. The molecule has 0 atom stereocenters. The lowest BCUT2D eigenvalue weighted by atomic mass is 10.0. The normalized spacial score (nSPS) is 16.8. The van der Waals surface area contributed by atoms with Crippen LogP contribution >= 0.6 is 0 Å². The van der Waals surface area contributed by atoms with E-state index in [4.69, 9.17) is 0 Å². The first kappa shape index (κ1) is 12.6. The Morgan fingerprint density at radius 1 is 1.28 bits per heavy atom. The maximum atomic E-state index is 12.3. The second-order valence-corrected chi connectivity index (χ2v) is 4.54. The number of rotatable bonds is 3.